The van der Waals surface area contributed by atoms with Crippen LogP contribution in [0.25, 0.3) is 28.3 Å². The number of fused-ring (bicyclic) bond motifs is 1. The maximum Gasteiger partial charge on any atom is 0.347 e. The van der Waals surface area contributed by atoms with Gasteiger partial charge in [0.25, 0.3) is 0 Å². The van der Waals surface area contributed by atoms with Crippen LogP contribution in [-0.4, -0.2) is 19.7 Å². The molecule has 124 valence electrons. The fraction of sp³-hybridized carbons (Fsp3) is 0.0588. The molecule has 0 fully saturated rings. The van der Waals surface area contributed by atoms with Crippen LogP contribution in [0.15, 0.2) is 56.3 Å². The second-order valence-electron chi connectivity index (χ2n) is 5.36. The molecule has 8 heteroatoms. The molecule has 0 aliphatic carbocycles. The predicted molar refractivity (Wildman–Crippen MR) is 98.1 cm³/mol. The zero-order valence-electron chi connectivity index (χ0n) is 12.9. The van der Waals surface area contributed by atoms with E-state index in [1.165, 1.54) is 4.68 Å². The van der Waals surface area contributed by atoms with Crippen molar-refractivity contribution in [1.29, 1.82) is 0 Å². The monoisotopic (exact) mass is 416 g/mol. The number of aromatic nitrogens is 4. The normalized spacial score (nSPS) is 11.2. The summed E-state index contributed by atoms with van der Waals surface area (Å²) in [5.74, 6) is 0.648. The van der Waals surface area contributed by atoms with E-state index in [0.29, 0.717) is 32.2 Å². The number of rotatable bonds is 2. The summed E-state index contributed by atoms with van der Waals surface area (Å²) in [5, 5.41) is 5.11. The maximum absolute atomic E-state index is 12.3. The van der Waals surface area contributed by atoms with Crippen LogP contribution in [-0.2, 0) is 0 Å². The third-order valence-electron chi connectivity index (χ3n) is 3.68. The van der Waals surface area contributed by atoms with E-state index in [1.54, 1.807) is 36.4 Å². The summed E-state index contributed by atoms with van der Waals surface area (Å²) < 4.78 is 7.50. The second kappa shape index (κ2) is 6.09. The first-order valence-electron chi connectivity index (χ1n) is 7.32. The van der Waals surface area contributed by atoms with Gasteiger partial charge in [0, 0.05) is 6.07 Å². The summed E-state index contributed by atoms with van der Waals surface area (Å²) in [4.78, 5) is 21.1. The number of hydrogen-bond acceptors (Lipinski definition) is 5. The zero-order valence-corrected chi connectivity index (χ0v) is 15.2. The van der Waals surface area contributed by atoms with Crippen molar-refractivity contribution in [3.05, 3.63) is 68.2 Å². The van der Waals surface area contributed by atoms with Gasteiger partial charge in [-0.1, -0.05) is 29.8 Å². The second-order valence-corrected chi connectivity index (χ2v) is 6.56. The highest BCUT2D eigenvalue weighted by molar-refractivity contribution is 9.10. The minimum atomic E-state index is -0.452. The molecule has 4 aromatic rings. The van der Waals surface area contributed by atoms with Gasteiger partial charge in [-0.2, -0.15) is 5.10 Å². The molecule has 0 aliphatic rings. The average Bonchev–Trinajstić information content (AvgIpc) is 2.98. The molecule has 25 heavy (non-hydrogen) atoms. The quantitative estimate of drug-likeness (QED) is 0.458. The summed E-state index contributed by atoms with van der Waals surface area (Å²) in [7, 11) is 0. The third kappa shape index (κ3) is 2.85. The molecule has 1 aromatic carbocycles. The number of nitrogens with zero attached hydrogens (tertiary/aromatic N) is 4. The lowest BCUT2D eigenvalue weighted by atomic mass is 10.1. The number of pyridine rings is 1. The lowest BCUT2D eigenvalue weighted by molar-refractivity contribution is 0.513. The molecule has 0 amide bonds. The molecule has 0 saturated heterocycles. The Kier molecular flexibility index (Phi) is 3.89. The molecule has 3 heterocycles. The molecule has 0 N–H and O–H groups in total. The molecule has 0 bridgehead atoms. The number of halogens is 2. The van der Waals surface area contributed by atoms with E-state index in [0.717, 1.165) is 5.56 Å². The Balaban J connectivity index is 1.99. The van der Waals surface area contributed by atoms with Gasteiger partial charge in [0.15, 0.2) is 5.82 Å². The Morgan fingerprint density at radius 2 is 1.96 bits per heavy atom. The number of benzene rings is 1. The minimum Gasteiger partial charge on any atom is -0.401 e. The van der Waals surface area contributed by atoms with Crippen molar-refractivity contribution < 1.29 is 4.42 Å². The van der Waals surface area contributed by atoms with Crippen LogP contribution < -0.4 is 5.63 Å². The van der Waals surface area contributed by atoms with Gasteiger partial charge in [-0.3, -0.25) is 0 Å². The standard InChI is InChI=1S/C17H10BrClN4O2/c1-9-4-2-5-10-15(9)21-16(25-17(10)24)11-8-12(18)22-23(11)14-7-3-6-13(19)20-14/h2-8H,1H3. The van der Waals surface area contributed by atoms with E-state index in [9.17, 15) is 4.79 Å². The maximum atomic E-state index is 12.3. The first-order valence-corrected chi connectivity index (χ1v) is 8.49. The summed E-state index contributed by atoms with van der Waals surface area (Å²) >= 11 is 9.31. The first-order chi connectivity index (χ1) is 12.0. The Bertz CT molecular complexity index is 1170. The van der Waals surface area contributed by atoms with Crippen LogP contribution >= 0.6 is 27.5 Å². The Morgan fingerprint density at radius 1 is 1.16 bits per heavy atom. The molecule has 3 aromatic heterocycles. The van der Waals surface area contributed by atoms with Crippen LogP contribution in [0.4, 0.5) is 0 Å². The van der Waals surface area contributed by atoms with Gasteiger partial charge in [0.05, 0.1) is 10.9 Å². The smallest absolute Gasteiger partial charge is 0.347 e. The Morgan fingerprint density at radius 3 is 2.76 bits per heavy atom. The molecule has 0 spiro atoms. The minimum absolute atomic E-state index is 0.159. The van der Waals surface area contributed by atoms with Gasteiger partial charge in [0.1, 0.15) is 15.5 Å². The molecule has 4 rings (SSSR count). The van der Waals surface area contributed by atoms with Crippen molar-refractivity contribution >= 4 is 38.4 Å². The van der Waals surface area contributed by atoms with Gasteiger partial charge in [0.2, 0.25) is 5.89 Å². The van der Waals surface area contributed by atoms with Crippen molar-refractivity contribution in [1.82, 2.24) is 19.7 Å². The number of hydrogen-bond donors (Lipinski definition) is 0. The Labute approximate surface area is 155 Å². The fourth-order valence-electron chi connectivity index (χ4n) is 2.54. The van der Waals surface area contributed by atoms with Crippen molar-refractivity contribution in [2.75, 3.05) is 0 Å². The molecule has 0 saturated carbocycles. The molecular formula is C17H10BrClN4O2. The highest BCUT2D eigenvalue weighted by Crippen LogP contribution is 2.26. The van der Waals surface area contributed by atoms with Crippen LogP contribution in [0.1, 0.15) is 5.56 Å². The van der Waals surface area contributed by atoms with Gasteiger partial charge in [-0.05, 0) is 46.6 Å². The molecule has 0 unspecified atom stereocenters. The van der Waals surface area contributed by atoms with Crippen LogP contribution in [0, 0.1) is 6.92 Å². The number of para-hydroxylation sites is 1. The van der Waals surface area contributed by atoms with Crippen molar-refractivity contribution in [3.8, 4) is 17.4 Å². The van der Waals surface area contributed by atoms with Crippen molar-refractivity contribution in [2.24, 2.45) is 0 Å². The summed E-state index contributed by atoms with van der Waals surface area (Å²) in [5.41, 5.74) is 1.52. The van der Waals surface area contributed by atoms with Crippen molar-refractivity contribution in [3.63, 3.8) is 0 Å². The first kappa shape index (κ1) is 16.0. The molecular weight excluding hydrogens is 408 g/mol. The molecule has 6 nitrogen and oxygen atoms in total. The van der Waals surface area contributed by atoms with Crippen molar-refractivity contribution in [2.45, 2.75) is 6.92 Å². The van der Waals surface area contributed by atoms with Gasteiger partial charge < -0.3 is 4.42 Å². The van der Waals surface area contributed by atoms with Gasteiger partial charge >= 0.3 is 5.63 Å². The third-order valence-corrected chi connectivity index (χ3v) is 4.27. The lowest BCUT2D eigenvalue weighted by Crippen LogP contribution is -2.07. The van der Waals surface area contributed by atoms with Crippen LogP contribution in [0.3, 0.4) is 0 Å². The van der Waals surface area contributed by atoms with E-state index in [-0.39, 0.29) is 5.89 Å². The topological polar surface area (TPSA) is 73.8 Å². The largest absolute Gasteiger partial charge is 0.401 e. The Hall–Kier alpha value is -2.51. The van der Waals surface area contributed by atoms with Gasteiger partial charge in [-0.25, -0.2) is 19.4 Å². The number of aryl methyl sites for hydroxylation is 1. The zero-order chi connectivity index (χ0) is 17.6. The van der Waals surface area contributed by atoms with E-state index in [1.807, 2.05) is 13.0 Å². The summed E-state index contributed by atoms with van der Waals surface area (Å²) in [6.45, 7) is 1.89. The highest BCUT2D eigenvalue weighted by atomic mass is 79.9. The molecule has 0 aliphatic heterocycles. The van der Waals surface area contributed by atoms with E-state index < -0.39 is 5.63 Å². The van der Waals surface area contributed by atoms with E-state index >= 15 is 0 Å². The summed E-state index contributed by atoms with van der Waals surface area (Å²) in [6, 6.07) is 12.3. The molecule has 0 atom stereocenters. The average molecular weight is 418 g/mol. The van der Waals surface area contributed by atoms with Gasteiger partial charge in [-0.15, -0.1) is 0 Å². The van der Waals surface area contributed by atoms with E-state index in [4.69, 9.17) is 16.0 Å². The fourth-order valence-corrected chi connectivity index (χ4v) is 3.08. The van der Waals surface area contributed by atoms with E-state index in [2.05, 4.69) is 31.0 Å². The van der Waals surface area contributed by atoms with Crippen LogP contribution in [0.2, 0.25) is 5.15 Å². The lowest BCUT2D eigenvalue weighted by Gasteiger charge is -2.07. The predicted octanol–water partition coefficient (Wildman–Crippen LogP) is 4.16. The SMILES string of the molecule is Cc1cccc2c(=O)oc(-c3cc(Br)nn3-c3cccc(Cl)n3)nc12. The molecule has 0 radical (unpaired) electrons. The highest BCUT2D eigenvalue weighted by Gasteiger charge is 2.17. The summed E-state index contributed by atoms with van der Waals surface area (Å²) in [6.07, 6.45) is 0. The van der Waals surface area contributed by atoms with Crippen LogP contribution in [0.5, 0.6) is 0 Å².